The standard InChI is InChI=1S/C17H19NO2S/c18-11-13-4-1-2-5-14(13)12-21-15-6-7-16-17(10-15)20-9-3-8-19-16/h1-2,4-7,10H,3,8-9,11-12,18H2. The average Bonchev–Trinajstić information content (AvgIpc) is 2.78. The summed E-state index contributed by atoms with van der Waals surface area (Å²) in [6, 6.07) is 14.5. The second-order valence-electron chi connectivity index (χ2n) is 4.92. The van der Waals surface area contributed by atoms with E-state index in [0.717, 1.165) is 36.9 Å². The van der Waals surface area contributed by atoms with Crippen molar-refractivity contribution in [1.82, 2.24) is 0 Å². The van der Waals surface area contributed by atoms with Gasteiger partial charge in [0.05, 0.1) is 13.2 Å². The van der Waals surface area contributed by atoms with Gasteiger partial charge in [-0.05, 0) is 29.3 Å². The summed E-state index contributed by atoms with van der Waals surface area (Å²) in [5.41, 5.74) is 8.28. The van der Waals surface area contributed by atoms with Crippen LogP contribution in [0.15, 0.2) is 47.4 Å². The number of nitrogens with two attached hydrogens (primary N) is 1. The molecule has 2 N–H and O–H groups in total. The highest BCUT2D eigenvalue weighted by Gasteiger charge is 2.11. The Hall–Kier alpha value is -1.65. The molecule has 1 aliphatic heterocycles. The van der Waals surface area contributed by atoms with Crippen LogP contribution in [0.1, 0.15) is 17.5 Å². The maximum absolute atomic E-state index is 5.78. The van der Waals surface area contributed by atoms with E-state index in [2.05, 4.69) is 30.3 Å². The second-order valence-corrected chi connectivity index (χ2v) is 5.97. The fourth-order valence-electron chi connectivity index (χ4n) is 2.29. The van der Waals surface area contributed by atoms with E-state index in [1.54, 1.807) is 11.8 Å². The van der Waals surface area contributed by atoms with E-state index in [1.165, 1.54) is 16.0 Å². The molecule has 0 aromatic heterocycles. The molecular weight excluding hydrogens is 282 g/mol. The van der Waals surface area contributed by atoms with Gasteiger partial charge in [-0.15, -0.1) is 11.8 Å². The molecule has 0 unspecified atom stereocenters. The van der Waals surface area contributed by atoms with E-state index in [9.17, 15) is 0 Å². The van der Waals surface area contributed by atoms with E-state index in [1.807, 2.05) is 12.1 Å². The Morgan fingerprint density at radius 2 is 1.71 bits per heavy atom. The minimum atomic E-state index is 0.581. The van der Waals surface area contributed by atoms with Gasteiger partial charge in [0.2, 0.25) is 0 Å². The third-order valence-corrected chi connectivity index (χ3v) is 4.49. The predicted molar refractivity (Wildman–Crippen MR) is 85.9 cm³/mol. The first kappa shape index (κ1) is 14.3. The Kier molecular flexibility index (Phi) is 4.68. The van der Waals surface area contributed by atoms with E-state index in [-0.39, 0.29) is 0 Å². The van der Waals surface area contributed by atoms with Crippen molar-refractivity contribution < 1.29 is 9.47 Å². The summed E-state index contributed by atoms with van der Waals surface area (Å²) in [6.07, 6.45) is 0.932. The van der Waals surface area contributed by atoms with Crippen LogP contribution in [0.4, 0.5) is 0 Å². The number of ether oxygens (including phenoxy) is 2. The van der Waals surface area contributed by atoms with Crippen molar-refractivity contribution in [2.45, 2.75) is 23.6 Å². The highest BCUT2D eigenvalue weighted by atomic mass is 32.2. The van der Waals surface area contributed by atoms with Gasteiger partial charge in [0, 0.05) is 23.6 Å². The van der Waals surface area contributed by atoms with Crippen molar-refractivity contribution in [3.8, 4) is 11.5 Å². The van der Waals surface area contributed by atoms with Crippen LogP contribution in [-0.2, 0) is 12.3 Å². The SMILES string of the molecule is NCc1ccccc1CSc1ccc2c(c1)OCCCO2. The lowest BCUT2D eigenvalue weighted by atomic mass is 10.1. The molecule has 0 saturated heterocycles. The molecule has 4 heteroatoms. The van der Waals surface area contributed by atoms with Gasteiger partial charge in [-0.1, -0.05) is 24.3 Å². The number of hydrogen-bond acceptors (Lipinski definition) is 4. The van der Waals surface area contributed by atoms with Gasteiger partial charge in [-0.25, -0.2) is 0 Å². The summed E-state index contributed by atoms with van der Waals surface area (Å²) in [4.78, 5) is 1.19. The summed E-state index contributed by atoms with van der Waals surface area (Å²) in [5, 5.41) is 0. The molecule has 0 radical (unpaired) electrons. The summed E-state index contributed by atoms with van der Waals surface area (Å²) in [7, 11) is 0. The zero-order valence-electron chi connectivity index (χ0n) is 11.9. The van der Waals surface area contributed by atoms with Gasteiger partial charge in [0.1, 0.15) is 0 Å². The lowest BCUT2D eigenvalue weighted by Gasteiger charge is -2.10. The van der Waals surface area contributed by atoms with Crippen LogP contribution in [0.25, 0.3) is 0 Å². The third kappa shape index (κ3) is 3.52. The highest BCUT2D eigenvalue weighted by Crippen LogP contribution is 2.35. The largest absolute Gasteiger partial charge is 0.490 e. The van der Waals surface area contributed by atoms with Gasteiger partial charge in [-0.3, -0.25) is 0 Å². The first-order chi connectivity index (χ1) is 10.4. The molecule has 21 heavy (non-hydrogen) atoms. The van der Waals surface area contributed by atoms with Crippen LogP contribution < -0.4 is 15.2 Å². The van der Waals surface area contributed by atoms with E-state index < -0.39 is 0 Å². The first-order valence-corrected chi connectivity index (χ1v) is 8.14. The Labute approximate surface area is 129 Å². The maximum atomic E-state index is 5.78. The summed E-state index contributed by atoms with van der Waals surface area (Å²) >= 11 is 1.79. The van der Waals surface area contributed by atoms with Crippen LogP contribution in [0.2, 0.25) is 0 Å². The fraction of sp³-hybridized carbons (Fsp3) is 0.294. The van der Waals surface area contributed by atoms with Crippen LogP contribution in [-0.4, -0.2) is 13.2 Å². The number of rotatable bonds is 4. The molecular formula is C17H19NO2S. The highest BCUT2D eigenvalue weighted by molar-refractivity contribution is 7.98. The molecule has 1 heterocycles. The van der Waals surface area contributed by atoms with E-state index >= 15 is 0 Å². The lowest BCUT2D eigenvalue weighted by Crippen LogP contribution is -2.00. The molecule has 3 nitrogen and oxygen atoms in total. The molecule has 3 rings (SSSR count). The Morgan fingerprint density at radius 1 is 0.952 bits per heavy atom. The van der Waals surface area contributed by atoms with Crippen LogP contribution >= 0.6 is 11.8 Å². The van der Waals surface area contributed by atoms with Crippen LogP contribution in [0.3, 0.4) is 0 Å². The molecule has 2 aromatic rings. The maximum Gasteiger partial charge on any atom is 0.162 e. The average molecular weight is 301 g/mol. The third-order valence-electron chi connectivity index (χ3n) is 3.45. The van der Waals surface area contributed by atoms with Crippen molar-refractivity contribution in [3.05, 3.63) is 53.6 Å². The molecule has 110 valence electrons. The molecule has 0 bridgehead atoms. The Balaban J connectivity index is 1.72. The molecule has 0 fully saturated rings. The van der Waals surface area contributed by atoms with Crippen LogP contribution in [0, 0.1) is 0 Å². The lowest BCUT2D eigenvalue weighted by molar-refractivity contribution is 0.297. The van der Waals surface area contributed by atoms with Gasteiger partial charge in [0.25, 0.3) is 0 Å². The van der Waals surface area contributed by atoms with Gasteiger partial charge in [0.15, 0.2) is 11.5 Å². The molecule has 1 aliphatic rings. The number of hydrogen-bond donors (Lipinski definition) is 1. The number of benzene rings is 2. The molecule has 0 amide bonds. The number of fused-ring (bicyclic) bond motifs is 1. The molecule has 0 atom stereocenters. The molecule has 2 aromatic carbocycles. The monoisotopic (exact) mass is 301 g/mol. The van der Waals surface area contributed by atoms with Crippen LogP contribution in [0.5, 0.6) is 11.5 Å². The van der Waals surface area contributed by atoms with Gasteiger partial charge < -0.3 is 15.2 Å². The van der Waals surface area contributed by atoms with Crippen molar-refractivity contribution in [1.29, 1.82) is 0 Å². The molecule has 0 spiro atoms. The summed E-state index contributed by atoms with van der Waals surface area (Å²) in [6.45, 7) is 2.03. The van der Waals surface area contributed by atoms with Gasteiger partial charge >= 0.3 is 0 Å². The van der Waals surface area contributed by atoms with Crippen molar-refractivity contribution in [3.63, 3.8) is 0 Å². The van der Waals surface area contributed by atoms with Crippen molar-refractivity contribution in [2.75, 3.05) is 13.2 Å². The first-order valence-electron chi connectivity index (χ1n) is 7.16. The zero-order valence-corrected chi connectivity index (χ0v) is 12.7. The van der Waals surface area contributed by atoms with Crippen molar-refractivity contribution in [2.24, 2.45) is 5.73 Å². The minimum absolute atomic E-state index is 0.581. The zero-order chi connectivity index (χ0) is 14.5. The smallest absolute Gasteiger partial charge is 0.162 e. The summed E-state index contributed by atoms with van der Waals surface area (Å²) < 4.78 is 11.4. The Morgan fingerprint density at radius 3 is 2.52 bits per heavy atom. The van der Waals surface area contributed by atoms with Gasteiger partial charge in [-0.2, -0.15) is 0 Å². The minimum Gasteiger partial charge on any atom is -0.490 e. The molecule has 0 saturated carbocycles. The van der Waals surface area contributed by atoms with E-state index in [0.29, 0.717) is 6.54 Å². The topological polar surface area (TPSA) is 44.5 Å². The normalized spacial score (nSPS) is 13.8. The molecule has 0 aliphatic carbocycles. The van der Waals surface area contributed by atoms with Crippen molar-refractivity contribution >= 4 is 11.8 Å². The Bertz CT molecular complexity index is 615. The fourth-order valence-corrected chi connectivity index (χ4v) is 3.25. The second kappa shape index (κ2) is 6.87. The van der Waals surface area contributed by atoms with E-state index in [4.69, 9.17) is 15.2 Å². The quantitative estimate of drug-likeness (QED) is 0.876. The summed E-state index contributed by atoms with van der Waals surface area (Å²) in [5.74, 6) is 2.61. The predicted octanol–water partition coefficient (Wildman–Crippen LogP) is 3.60. The number of thioether (sulfide) groups is 1.